The van der Waals surface area contributed by atoms with Crippen molar-refractivity contribution >= 4 is 38.6 Å². The van der Waals surface area contributed by atoms with Gasteiger partial charge >= 0.3 is 0 Å². The summed E-state index contributed by atoms with van der Waals surface area (Å²) in [5.74, 6) is -0.235. The van der Waals surface area contributed by atoms with Gasteiger partial charge in [0, 0.05) is 24.7 Å². The number of nitrogens with one attached hydrogen (secondary N) is 1. The number of rotatable bonds is 4. The van der Waals surface area contributed by atoms with Crippen LogP contribution in [0.25, 0.3) is 32.0 Å². The van der Waals surface area contributed by atoms with Gasteiger partial charge in [0.1, 0.15) is 20.9 Å². The van der Waals surface area contributed by atoms with Gasteiger partial charge in [-0.3, -0.25) is 4.79 Å². The van der Waals surface area contributed by atoms with Gasteiger partial charge in [-0.25, -0.2) is 15.0 Å². The van der Waals surface area contributed by atoms with Crippen LogP contribution in [0, 0.1) is 5.21 Å². The molecule has 0 aliphatic rings. The topological polar surface area (TPSA) is 99.6 Å². The lowest BCUT2D eigenvalue weighted by Crippen LogP contribution is -2.29. The van der Waals surface area contributed by atoms with Gasteiger partial charge in [-0.05, 0) is 18.6 Å². The predicted molar refractivity (Wildman–Crippen MR) is 118 cm³/mol. The van der Waals surface area contributed by atoms with Gasteiger partial charge in [-0.1, -0.05) is 29.5 Å². The van der Waals surface area contributed by atoms with Crippen molar-refractivity contribution in [1.29, 1.82) is 0 Å². The van der Waals surface area contributed by atoms with Crippen molar-refractivity contribution in [1.82, 2.24) is 24.8 Å². The number of hydrogen-bond donors (Lipinski definition) is 1. The van der Waals surface area contributed by atoms with E-state index in [1.807, 2.05) is 42.8 Å². The third kappa shape index (κ3) is 3.49. The Labute approximate surface area is 181 Å². The minimum Gasteiger partial charge on any atom is -0.619 e. The first-order valence-electron chi connectivity index (χ1n) is 9.66. The number of fused-ring (bicyclic) bond motifs is 3. The lowest BCUT2D eigenvalue weighted by molar-refractivity contribution is -0.605. The fraction of sp³-hybridized carbons (Fsp3) is 0.136. The van der Waals surface area contributed by atoms with Gasteiger partial charge in [0.25, 0.3) is 5.91 Å². The Morgan fingerprint density at radius 3 is 2.84 bits per heavy atom. The van der Waals surface area contributed by atoms with E-state index in [0.29, 0.717) is 10.3 Å². The molecule has 0 aliphatic heterocycles. The van der Waals surface area contributed by atoms with Crippen LogP contribution in [0.4, 0.5) is 0 Å². The van der Waals surface area contributed by atoms with E-state index in [1.165, 1.54) is 35.9 Å². The summed E-state index contributed by atoms with van der Waals surface area (Å²) in [5, 5.41) is 15.0. The maximum atomic E-state index is 12.5. The number of imidazole rings is 1. The van der Waals surface area contributed by atoms with Gasteiger partial charge in [0.15, 0.2) is 12.4 Å². The number of pyridine rings is 2. The van der Waals surface area contributed by atoms with E-state index in [0.717, 1.165) is 37.5 Å². The van der Waals surface area contributed by atoms with E-state index >= 15 is 0 Å². The highest BCUT2D eigenvalue weighted by Crippen LogP contribution is 2.33. The van der Waals surface area contributed by atoms with Gasteiger partial charge in [-0.15, -0.1) is 0 Å². The average molecular weight is 430 g/mol. The standard InChI is InChI=1S/C22H18N6O2S/c1-13(25-20(29)14-6-8-28(30)9-7-14)15-4-3-5-16(10-15)21-26-18-19-17(24-12-27(19)2)11-23-22(18)31-21/h3-13H,1-2H3,(H,25,29)/t13-/m0/s1. The normalized spacial score (nSPS) is 12.3. The van der Waals surface area contributed by atoms with Gasteiger partial charge in [0.2, 0.25) is 0 Å². The molecule has 0 radical (unpaired) electrons. The molecule has 154 valence electrons. The first kappa shape index (κ1) is 19.1. The molecule has 31 heavy (non-hydrogen) atoms. The van der Waals surface area contributed by atoms with Crippen molar-refractivity contribution < 1.29 is 9.52 Å². The molecule has 0 spiro atoms. The number of amides is 1. The molecule has 4 heterocycles. The highest BCUT2D eigenvalue weighted by Gasteiger charge is 2.16. The number of aromatic nitrogens is 5. The smallest absolute Gasteiger partial charge is 0.252 e. The average Bonchev–Trinajstić information content (AvgIpc) is 3.37. The zero-order valence-electron chi connectivity index (χ0n) is 16.8. The summed E-state index contributed by atoms with van der Waals surface area (Å²) in [5.41, 5.74) is 4.98. The number of carbonyl (C=O) groups excluding carboxylic acids is 1. The highest BCUT2D eigenvalue weighted by atomic mass is 32.1. The van der Waals surface area contributed by atoms with E-state index < -0.39 is 0 Å². The third-order valence-corrected chi connectivity index (χ3v) is 6.16. The first-order valence-corrected chi connectivity index (χ1v) is 10.5. The summed E-state index contributed by atoms with van der Waals surface area (Å²) in [6.45, 7) is 1.92. The molecule has 1 amide bonds. The lowest BCUT2D eigenvalue weighted by atomic mass is 10.0. The van der Waals surface area contributed by atoms with Crippen LogP contribution in [0.5, 0.6) is 0 Å². The van der Waals surface area contributed by atoms with Crippen molar-refractivity contribution in [3.8, 4) is 10.6 Å². The van der Waals surface area contributed by atoms with Crippen LogP contribution < -0.4 is 10.0 Å². The first-order chi connectivity index (χ1) is 15.0. The number of hydrogen-bond acceptors (Lipinski definition) is 6. The second-order valence-corrected chi connectivity index (χ2v) is 8.27. The third-order valence-electron chi connectivity index (χ3n) is 5.15. The number of aryl methyl sites for hydroxylation is 1. The van der Waals surface area contributed by atoms with Crippen LogP contribution in [0.15, 0.2) is 61.3 Å². The van der Waals surface area contributed by atoms with Crippen LogP contribution in [-0.4, -0.2) is 25.4 Å². The van der Waals surface area contributed by atoms with Crippen molar-refractivity contribution in [3.63, 3.8) is 0 Å². The van der Waals surface area contributed by atoms with Crippen molar-refractivity contribution in [2.24, 2.45) is 7.05 Å². The van der Waals surface area contributed by atoms with Crippen molar-refractivity contribution in [2.75, 3.05) is 0 Å². The minimum atomic E-state index is -0.235. The summed E-state index contributed by atoms with van der Waals surface area (Å²) in [4.78, 5) is 27.0. The summed E-state index contributed by atoms with van der Waals surface area (Å²) in [6, 6.07) is 10.7. The van der Waals surface area contributed by atoms with Crippen LogP contribution >= 0.6 is 11.3 Å². The molecule has 0 saturated heterocycles. The molecule has 1 aromatic carbocycles. The Morgan fingerprint density at radius 1 is 1.23 bits per heavy atom. The zero-order chi connectivity index (χ0) is 21.5. The molecule has 1 atom stereocenters. The van der Waals surface area contributed by atoms with E-state index in [4.69, 9.17) is 4.98 Å². The number of thiazole rings is 1. The Kier molecular flexibility index (Phi) is 4.59. The number of carbonyl (C=O) groups is 1. The second kappa shape index (κ2) is 7.44. The van der Waals surface area contributed by atoms with Gasteiger partial charge in [-0.2, -0.15) is 4.73 Å². The van der Waals surface area contributed by atoms with Crippen LogP contribution in [-0.2, 0) is 7.05 Å². The second-order valence-electron chi connectivity index (χ2n) is 7.29. The van der Waals surface area contributed by atoms with E-state index in [1.54, 1.807) is 12.5 Å². The molecule has 0 saturated carbocycles. The van der Waals surface area contributed by atoms with Crippen LogP contribution in [0.2, 0.25) is 0 Å². The fourth-order valence-electron chi connectivity index (χ4n) is 3.50. The van der Waals surface area contributed by atoms with Crippen LogP contribution in [0.1, 0.15) is 28.9 Å². The van der Waals surface area contributed by atoms with E-state index in [2.05, 4.69) is 15.3 Å². The van der Waals surface area contributed by atoms with Gasteiger partial charge < -0.3 is 15.1 Å². The number of nitrogens with zero attached hydrogens (tertiary/aromatic N) is 5. The maximum Gasteiger partial charge on any atom is 0.252 e. The molecule has 5 rings (SSSR count). The highest BCUT2D eigenvalue weighted by molar-refractivity contribution is 7.21. The molecule has 0 aliphatic carbocycles. The van der Waals surface area contributed by atoms with Crippen molar-refractivity contribution in [2.45, 2.75) is 13.0 Å². The van der Waals surface area contributed by atoms with Crippen LogP contribution in [0.3, 0.4) is 0 Å². The minimum absolute atomic E-state index is 0.219. The summed E-state index contributed by atoms with van der Waals surface area (Å²) < 4.78 is 2.60. The monoisotopic (exact) mass is 430 g/mol. The fourth-order valence-corrected chi connectivity index (χ4v) is 4.41. The summed E-state index contributed by atoms with van der Waals surface area (Å²) >= 11 is 1.53. The summed E-state index contributed by atoms with van der Waals surface area (Å²) in [6.07, 6.45) is 6.14. The Hall–Kier alpha value is -3.85. The predicted octanol–water partition coefficient (Wildman–Crippen LogP) is 3.37. The Balaban J connectivity index is 1.44. The van der Waals surface area contributed by atoms with E-state index in [9.17, 15) is 10.0 Å². The summed E-state index contributed by atoms with van der Waals surface area (Å²) in [7, 11) is 1.95. The SMILES string of the molecule is C[C@H](NC(=O)c1cc[n+]([O-])cc1)c1cccc(-c2nc3c(ncc4ncn(C)c43)s2)c1. The zero-order valence-corrected chi connectivity index (χ0v) is 17.6. The Morgan fingerprint density at radius 2 is 2.03 bits per heavy atom. The lowest BCUT2D eigenvalue weighted by Gasteiger charge is -2.15. The van der Waals surface area contributed by atoms with Gasteiger partial charge in [0.05, 0.1) is 29.6 Å². The van der Waals surface area contributed by atoms with Crippen molar-refractivity contribution in [3.05, 3.63) is 77.7 Å². The molecule has 0 unspecified atom stereocenters. The molecule has 5 aromatic rings. The number of benzene rings is 1. The quantitative estimate of drug-likeness (QED) is 0.348. The molecular weight excluding hydrogens is 412 g/mol. The molecule has 4 aromatic heterocycles. The maximum absolute atomic E-state index is 12.5. The molecule has 0 bridgehead atoms. The largest absolute Gasteiger partial charge is 0.619 e. The molecule has 8 nitrogen and oxygen atoms in total. The van der Waals surface area contributed by atoms with E-state index in [-0.39, 0.29) is 11.9 Å². The molecule has 1 N–H and O–H groups in total. The molecule has 9 heteroatoms. The Bertz CT molecular complexity index is 1420. The molecular formula is C22H18N6O2S. The molecule has 0 fully saturated rings.